The number of imidazole rings is 1. The molecule has 0 radical (unpaired) electrons. The van der Waals surface area contributed by atoms with Crippen molar-refractivity contribution in [2.45, 2.75) is 19.4 Å². The van der Waals surface area contributed by atoms with Crippen LogP contribution in [0.4, 0.5) is 5.69 Å². The third kappa shape index (κ3) is 3.70. The number of aromatic nitrogens is 2. The highest BCUT2D eigenvalue weighted by Gasteiger charge is 2.20. The van der Waals surface area contributed by atoms with Gasteiger partial charge in [-0.2, -0.15) is 9.66 Å². The van der Waals surface area contributed by atoms with Crippen LogP contribution in [0.25, 0.3) is 4.96 Å². The second kappa shape index (κ2) is 7.17. The van der Waals surface area contributed by atoms with Gasteiger partial charge in [-0.3, -0.25) is 0 Å². The summed E-state index contributed by atoms with van der Waals surface area (Å²) in [6, 6.07) is 9.28. The predicted molar refractivity (Wildman–Crippen MR) is 106 cm³/mol. The van der Waals surface area contributed by atoms with E-state index in [0.717, 1.165) is 22.0 Å². The highest BCUT2D eigenvalue weighted by atomic mass is 32.1. The Bertz CT molecular complexity index is 1060. The van der Waals surface area contributed by atoms with Crippen molar-refractivity contribution >= 4 is 39.3 Å². The van der Waals surface area contributed by atoms with Crippen LogP contribution in [0.2, 0.25) is 0 Å². The zero-order chi connectivity index (χ0) is 17.9. The van der Waals surface area contributed by atoms with Crippen LogP contribution >= 0.6 is 23.6 Å². The van der Waals surface area contributed by atoms with E-state index < -0.39 is 0 Å². The van der Waals surface area contributed by atoms with Crippen LogP contribution < -0.4 is 15.0 Å². The van der Waals surface area contributed by atoms with Crippen LogP contribution in [0.15, 0.2) is 35.8 Å². The van der Waals surface area contributed by atoms with Crippen molar-refractivity contribution in [1.29, 1.82) is 5.26 Å². The Morgan fingerprint density at radius 3 is 2.88 bits per heavy atom. The molecule has 3 aromatic rings. The van der Waals surface area contributed by atoms with E-state index in [0.29, 0.717) is 23.1 Å². The minimum absolute atomic E-state index is 0.533. The smallest absolute Gasteiger partial charge is 0.344 e. The number of nitrogens with one attached hydrogen (secondary N) is 3. The standard InChI is InChI=1S/C19H15N5S2/c20-9-14-3-6-15(7-4-14)23-18(25)21-10-17-11-22-19-24(17)16(12-26-19)8-5-13-1-2-13/h3-4,6-7,11-13H,1-2,10H2,(H2,21,23,25)/p+1. The fourth-order valence-electron chi connectivity index (χ4n) is 2.51. The lowest BCUT2D eigenvalue weighted by atomic mass is 10.2. The van der Waals surface area contributed by atoms with Gasteiger partial charge in [0.15, 0.2) is 16.5 Å². The van der Waals surface area contributed by atoms with E-state index >= 15 is 0 Å². The van der Waals surface area contributed by atoms with Crippen molar-refractivity contribution in [3.8, 4) is 17.9 Å². The molecule has 0 amide bonds. The molecule has 0 saturated heterocycles. The molecule has 1 aromatic carbocycles. The van der Waals surface area contributed by atoms with Gasteiger partial charge in [0, 0.05) is 11.6 Å². The van der Waals surface area contributed by atoms with Gasteiger partial charge in [-0.15, -0.1) is 0 Å². The van der Waals surface area contributed by atoms with Crippen molar-refractivity contribution in [3.05, 3.63) is 52.8 Å². The quantitative estimate of drug-likeness (QED) is 0.372. The minimum Gasteiger partial charge on any atom is -0.355 e. The monoisotopic (exact) mass is 378 g/mol. The lowest BCUT2D eigenvalue weighted by Gasteiger charge is -2.09. The molecule has 26 heavy (non-hydrogen) atoms. The zero-order valence-electron chi connectivity index (χ0n) is 13.9. The molecule has 7 heteroatoms. The number of nitrogens with zero attached hydrogens (tertiary/aromatic N) is 2. The first-order chi connectivity index (χ1) is 12.7. The zero-order valence-corrected chi connectivity index (χ0v) is 15.5. The van der Waals surface area contributed by atoms with Gasteiger partial charge in [-0.1, -0.05) is 17.3 Å². The largest absolute Gasteiger partial charge is 0.355 e. The number of thiazole rings is 1. The maximum Gasteiger partial charge on any atom is 0.344 e. The summed E-state index contributed by atoms with van der Waals surface area (Å²) in [5.41, 5.74) is 3.56. The molecular weight excluding hydrogens is 362 g/mol. The predicted octanol–water partition coefficient (Wildman–Crippen LogP) is 2.93. The molecule has 5 nitrogen and oxygen atoms in total. The first-order valence-electron chi connectivity index (χ1n) is 8.29. The molecule has 128 valence electrons. The normalized spacial score (nSPS) is 12.9. The molecular formula is C19H16N5S2+. The third-order valence-electron chi connectivity index (χ3n) is 4.06. The Morgan fingerprint density at radius 1 is 1.35 bits per heavy atom. The lowest BCUT2D eigenvalue weighted by molar-refractivity contribution is -0.518. The van der Waals surface area contributed by atoms with Gasteiger partial charge in [0.2, 0.25) is 0 Å². The third-order valence-corrected chi connectivity index (χ3v) is 5.17. The summed E-state index contributed by atoms with van der Waals surface area (Å²) in [6.45, 7) is 0.585. The average Bonchev–Trinajstić information content (AvgIpc) is 3.26. The molecule has 3 N–H and O–H groups in total. The molecule has 1 fully saturated rings. The van der Waals surface area contributed by atoms with E-state index in [1.165, 1.54) is 12.8 Å². The van der Waals surface area contributed by atoms with Crippen molar-refractivity contribution in [1.82, 2.24) is 10.3 Å². The van der Waals surface area contributed by atoms with Gasteiger partial charge in [-0.05, 0) is 55.2 Å². The number of thiocarbonyl (C=S) groups is 1. The van der Waals surface area contributed by atoms with Crippen molar-refractivity contribution in [2.75, 3.05) is 5.32 Å². The highest BCUT2D eigenvalue weighted by molar-refractivity contribution is 7.80. The van der Waals surface area contributed by atoms with E-state index in [9.17, 15) is 0 Å². The van der Waals surface area contributed by atoms with E-state index in [-0.39, 0.29) is 0 Å². The first-order valence-corrected chi connectivity index (χ1v) is 9.58. The molecule has 1 saturated carbocycles. The fourth-order valence-corrected chi connectivity index (χ4v) is 3.54. The van der Waals surface area contributed by atoms with Gasteiger partial charge in [0.25, 0.3) is 0 Å². The summed E-state index contributed by atoms with van der Waals surface area (Å²) >= 11 is 7.02. The molecule has 0 bridgehead atoms. The van der Waals surface area contributed by atoms with Crippen LogP contribution in [0.1, 0.15) is 29.8 Å². The van der Waals surface area contributed by atoms with Crippen LogP contribution in [-0.2, 0) is 6.54 Å². The van der Waals surface area contributed by atoms with Gasteiger partial charge in [0.1, 0.15) is 6.20 Å². The maximum absolute atomic E-state index is 8.84. The summed E-state index contributed by atoms with van der Waals surface area (Å²) in [4.78, 5) is 4.34. The molecule has 0 spiro atoms. The molecule has 2 aromatic heterocycles. The SMILES string of the molecule is N#Cc1ccc(NC(=S)NCc2c[nH]c3scc(C#CC4CC4)[n+]23)cc1. The minimum atomic E-state index is 0.533. The summed E-state index contributed by atoms with van der Waals surface area (Å²) < 4.78 is 2.14. The van der Waals surface area contributed by atoms with Crippen LogP contribution in [0, 0.1) is 29.1 Å². The molecule has 1 aliphatic rings. The van der Waals surface area contributed by atoms with E-state index in [1.54, 1.807) is 23.5 Å². The number of nitriles is 1. The topological polar surface area (TPSA) is 67.7 Å². The molecule has 0 atom stereocenters. The van der Waals surface area contributed by atoms with Gasteiger partial charge in [0.05, 0.1) is 23.6 Å². The van der Waals surface area contributed by atoms with E-state index in [1.807, 2.05) is 18.3 Å². The van der Waals surface area contributed by atoms with Gasteiger partial charge < -0.3 is 10.6 Å². The van der Waals surface area contributed by atoms with Crippen LogP contribution in [0.3, 0.4) is 0 Å². The summed E-state index contributed by atoms with van der Waals surface area (Å²) in [5.74, 6) is 7.19. The Hall–Kier alpha value is -2.87. The number of H-pyrrole nitrogens is 1. The summed E-state index contributed by atoms with van der Waals surface area (Å²) in [6.07, 6.45) is 4.43. The van der Waals surface area contributed by atoms with Crippen molar-refractivity contribution < 1.29 is 4.40 Å². The average molecular weight is 379 g/mol. The molecule has 4 rings (SSSR count). The van der Waals surface area contributed by atoms with Gasteiger partial charge >= 0.3 is 4.96 Å². The first kappa shape index (κ1) is 16.6. The summed E-state index contributed by atoms with van der Waals surface area (Å²) in [7, 11) is 0. The number of hydrogen-bond donors (Lipinski definition) is 3. The van der Waals surface area contributed by atoms with E-state index in [4.69, 9.17) is 17.5 Å². The number of anilines is 1. The van der Waals surface area contributed by atoms with E-state index in [2.05, 4.69) is 43.3 Å². The fraction of sp³-hybridized carbons (Fsp3) is 0.211. The Labute approximate surface area is 160 Å². The number of rotatable bonds is 3. The Balaban J connectivity index is 1.42. The Morgan fingerprint density at radius 2 is 2.15 bits per heavy atom. The van der Waals surface area contributed by atoms with Crippen LogP contribution in [-0.4, -0.2) is 10.1 Å². The van der Waals surface area contributed by atoms with Crippen molar-refractivity contribution in [3.63, 3.8) is 0 Å². The Kier molecular flexibility index (Phi) is 4.57. The molecule has 1 aliphatic carbocycles. The number of aromatic amines is 1. The van der Waals surface area contributed by atoms with Gasteiger partial charge in [-0.25, -0.2) is 4.98 Å². The second-order valence-electron chi connectivity index (χ2n) is 6.08. The maximum atomic E-state index is 8.84. The molecule has 2 heterocycles. The molecule has 0 aliphatic heterocycles. The number of fused-ring (bicyclic) bond motifs is 1. The van der Waals surface area contributed by atoms with Crippen LogP contribution in [0.5, 0.6) is 0 Å². The highest BCUT2D eigenvalue weighted by Crippen LogP contribution is 2.27. The molecule has 0 unspecified atom stereocenters. The number of hydrogen-bond acceptors (Lipinski definition) is 3. The lowest BCUT2D eigenvalue weighted by Crippen LogP contribution is -2.34. The summed E-state index contributed by atoms with van der Waals surface area (Å²) in [5, 5.41) is 17.8. The second-order valence-corrected chi connectivity index (χ2v) is 7.35. The van der Waals surface area contributed by atoms with Crippen molar-refractivity contribution in [2.24, 2.45) is 5.92 Å². The number of benzene rings is 1.